The molecule has 202 valence electrons. The maximum absolute atomic E-state index is 12.7. The second-order valence-corrected chi connectivity index (χ2v) is 10.1. The Morgan fingerprint density at radius 1 is 1.17 bits per heavy atom. The van der Waals surface area contributed by atoms with E-state index in [4.69, 9.17) is 5.73 Å². The number of halogens is 3. The molecule has 2 aliphatic rings. The lowest BCUT2D eigenvalue weighted by molar-refractivity contribution is -0.137. The molecule has 6 nitrogen and oxygen atoms in total. The van der Waals surface area contributed by atoms with Crippen molar-refractivity contribution in [3.05, 3.63) is 30.1 Å². The molecule has 0 unspecified atom stereocenters. The highest BCUT2D eigenvalue weighted by Gasteiger charge is 2.34. The Labute approximate surface area is 211 Å². The van der Waals surface area contributed by atoms with Crippen LogP contribution < -0.4 is 11.1 Å². The van der Waals surface area contributed by atoms with E-state index in [0.717, 1.165) is 36.6 Å². The van der Waals surface area contributed by atoms with E-state index >= 15 is 0 Å². The van der Waals surface area contributed by atoms with Crippen LogP contribution in [0.3, 0.4) is 0 Å². The van der Waals surface area contributed by atoms with Crippen LogP contribution in [-0.2, 0) is 17.0 Å². The summed E-state index contributed by atoms with van der Waals surface area (Å²) < 4.78 is 50.4. The number of hydrogen-bond donors (Lipinski definition) is 2. The Balaban J connectivity index is 0.000000591. The number of alkyl halides is 3. The first-order valence-electron chi connectivity index (χ1n) is 12.0. The second kappa shape index (κ2) is 16.7. The molecule has 0 atom stereocenters. The van der Waals surface area contributed by atoms with Gasteiger partial charge in [-0.15, -0.1) is 0 Å². The zero-order chi connectivity index (χ0) is 25.7. The fraction of sp³-hybridized carbons (Fsp3) is 0.680. The molecule has 0 radical (unpaired) electrons. The van der Waals surface area contributed by atoms with Crippen molar-refractivity contribution in [3.63, 3.8) is 0 Å². The predicted octanol–water partition coefficient (Wildman–Crippen LogP) is 6.32. The normalized spacial score (nSPS) is 16.1. The summed E-state index contributed by atoms with van der Waals surface area (Å²) in [5.74, 6) is 2.21. The molecule has 2 aromatic heterocycles. The fourth-order valence-electron chi connectivity index (χ4n) is 3.35. The van der Waals surface area contributed by atoms with E-state index in [1.54, 1.807) is 16.9 Å². The van der Waals surface area contributed by atoms with E-state index < -0.39 is 28.4 Å². The number of aromatic nitrogens is 3. The summed E-state index contributed by atoms with van der Waals surface area (Å²) in [7, 11) is -0.503. The molecule has 2 aromatic rings. The van der Waals surface area contributed by atoms with Crippen LogP contribution in [0.2, 0.25) is 0 Å². The van der Waals surface area contributed by atoms with Gasteiger partial charge in [0, 0.05) is 59.4 Å². The zero-order valence-corrected chi connectivity index (χ0v) is 21.8. The first kappa shape index (κ1) is 33.1. The monoisotopic (exact) mass is 519 g/mol. The molecule has 4 rings (SSSR count). The molecular formula is C25H44F3N5OS. The van der Waals surface area contributed by atoms with Gasteiger partial charge in [-0.05, 0) is 31.9 Å². The number of hydrogen-bond acceptors (Lipinski definition) is 5. The molecule has 3 heterocycles. The fourth-order valence-corrected chi connectivity index (χ4v) is 4.30. The number of nitrogens with one attached hydrogen (secondary N) is 1. The van der Waals surface area contributed by atoms with Crippen LogP contribution in [0.1, 0.15) is 79.3 Å². The molecule has 2 fully saturated rings. The van der Waals surface area contributed by atoms with Crippen molar-refractivity contribution in [2.24, 2.45) is 5.92 Å². The number of pyridine rings is 1. The Bertz CT molecular complexity index is 857. The topological polar surface area (TPSA) is 85.8 Å². The number of rotatable bonds is 2. The van der Waals surface area contributed by atoms with Gasteiger partial charge in [-0.25, -0.2) is 4.98 Å². The molecule has 3 N–H and O–H groups in total. The molecule has 1 saturated heterocycles. The van der Waals surface area contributed by atoms with Crippen LogP contribution in [0.25, 0.3) is 11.3 Å². The minimum absolute atomic E-state index is 0. The van der Waals surface area contributed by atoms with Gasteiger partial charge in [0.15, 0.2) is 0 Å². The van der Waals surface area contributed by atoms with Crippen LogP contribution in [-0.4, -0.2) is 43.6 Å². The summed E-state index contributed by atoms with van der Waals surface area (Å²) in [6.45, 7) is 12.1. The highest BCUT2D eigenvalue weighted by molar-refractivity contribution is 7.85. The van der Waals surface area contributed by atoms with E-state index in [2.05, 4.69) is 22.3 Å². The smallest absolute Gasteiger partial charge is 0.383 e. The van der Waals surface area contributed by atoms with Gasteiger partial charge in [0.05, 0.1) is 11.3 Å². The van der Waals surface area contributed by atoms with Gasteiger partial charge in [0.1, 0.15) is 5.82 Å². The van der Waals surface area contributed by atoms with Gasteiger partial charge < -0.3 is 11.1 Å². The lowest BCUT2D eigenvalue weighted by Gasteiger charge is -2.10. The Morgan fingerprint density at radius 2 is 1.74 bits per heavy atom. The molecule has 0 amide bonds. The standard InChI is InChI=1S/C12H13F3N4.C6H12.C4H9NOS.C2H6.CH4/c1-7(2)19-4-3-10(18-19)8-5-9(12(13,14)15)11(16)17-6-8;1-6-4-2-3-5-6;6-7-3-1-5-2-4-7;1-2;/h3-7H,1-2H3,(H2,16,17);6H,2-5H2,1H3;5H,1-4H2;1-2H3;1H4. The quantitative estimate of drug-likeness (QED) is 0.485. The van der Waals surface area contributed by atoms with Crippen LogP contribution in [0.5, 0.6) is 0 Å². The maximum atomic E-state index is 12.7. The summed E-state index contributed by atoms with van der Waals surface area (Å²) in [5.41, 5.74) is 5.04. The molecule has 1 aliphatic carbocycles. The lowest BCUT2D eigenvalue weighted by Crippen LogP contribution is -2.32. The summed E-state index contributed by atoms with van der Waals surface area (Å²) in [4.78, 5) is 3.58. The van der Waals surface area contributed by atoms with Gasteiger partial charge >= 0.3 is 6.18 Å². The third kappa shape index (κ3) is 12.0. The van der Waals surface area contributed by atoms with Crippen molar-refractivity contribution >= 4 is 16.6 Å². The highest BCUT2D eigenvalue weighted by atomic mass is 32.2. The summed E-state index contributed by atoms with van der Waals surface area (Å²) in [5, 5.41) is 7.32. The minimum atomic E-state index is -4.52. The highest BCUT2D eigenvalue weighted by Crippen LogP contribution is 2.34. The molecule has 0 aromatic carbocycles. The van der Waals surface area contributed by atoms with Crippen molar-refractivity contribution in [2.75, 3.05) is 30.3 Å². The number of nitrogen functional groups attached to an aromatic ring is 1. The summed E-state index contributed by atoms with van der Waals surface area (Å²) in [6.07, 6.45) is 4.43. The van der Waals surface area contributed by atoms with Crippen molar-refractivity contribution in [3.8, 4) is 11.3 Å². The molecule has 10 heteroatoms. The number of nitrogens with zero attached hydrogens (tertiary/aromatic N) is 3. The largest absolute Gasteiger partial charge is 0.419 e. The predicted molar refractivity (Wildman–Crippen MR) is 142 cm³/mol. The molecule has 1 saturated carbocycles. The van der Waals surface area contributed by atoms with E-state index in [1.165, 1.54) is 31.9 Å². The summed E-state index contributed by atoms with van der Waals surface area (Å²) >= 11 is 0. The first-order chi connectivity index (χ1) is 16.1. The Hall–Kier alpha value is -1.94. The number of anilines is 1. The SMILES string of the molecule is C.CC.CC(C)n1ccc(-c2cnc(N)c(C(F)(F)F)c2)n1.CC1CCCC1.O=S1CCNCC1. The van der Waals surface area contributed by atoms with Crippen molar-refractivity contribution in [1.82, 2.24) is 20.1 Å². The first-order valence-corrected chi connectivity index (χ1v) is 13.5. The number of nitrogens with two attached hydrogens (primary N) is 1. The Morgan fingerprint density at radius 3 is 2.11 bits per heavy atom. The van der Waals surface area contributed by atoms with Crippen molar-refractivity contribution in [2.45, 2.75) is 79.9 Å². The second-order valence-electron chi connectivity index (χ2n) is 8.42. The van der Waals surface area contributed by atoms with E-state index in [0.29, 0.717) is 11.3 Å². The van der Waals surface area contributed by atoms with Crippen LogP contribution in [0.4, 0.5) is 19.0 Å². The zero-order valence-electron chi connectivity index (χ0n) is 21.0. The third-order valence-electron chi connectivity index (χ3n) is 5.31. The van der Waals surface area contributed by atoms with Gasteiger partial charge in [-0.3, -0.25) is 8.89 Å². The van der Waals surface area contributed by atoms with E-state index in [9.17, 15) is 17.4 Å². The molecule has 0 bridgehead atoms. The molecule has 1 aliphatic heterocycles. The van der Waals surface area contributed by atoms with Crippen LogP contribution in [0, 0.1) is 5.92 Å². The van der Waals surface area contributed by atoms with Crippen LogP contribution >= 0.6 is 0 Å². The summed E-state index contributed by atoms with van der Waals surface area (Å²) in [6, 6.07) is 2.75. The van der Waals surface area contributed by atoms with Gasteiger partial charge in [0.2, 0.25) is 0 Å². The Kier molecular flexibility index (Phi) is 15.8. The third-order valence-corrected chi connectivity index (χ3v) is 6.63. The average Bonchev–Trinajstić information content (AvgIpc) is 3.48. The minimum Gasteiger partial charge on any atom is -0.383 e. The van der Waals surface area contributed by atoms with Gasteiger partial charge in [-0.1, -0.05) is 53.9 Å². The maximum Gasteiger partial charge on any atom is 0.419 e. The van der Waals surface area contributed by atoms with E-state index in [1.807, 2.05) is 27.7 Å². The van der Waals surface area contributed by atoms with Gasteiger partial charge in [0.25, 0.3) is 0 Å². The average molecular weight is 520 g/mol. The molecular weight excluding hydrogens is 475 g/mol. The molecule has 0 spiro atoms. The molecule has 35 heavy (non-hydrogen) atoms. The lowest BCUT2D eigenvalue weighted by atomic mass is 10.1. The van der Waals surface area contributed by atoms with Crippen molar-refractivity contribution < 1.29 is 17.4 Å². The van der Waals surface area contributed by atoms with Gasteiger partial charge in [-0.2, -0.15) is 18.3 Å². The van der Waals surface area contributed by atoms with Crippen molar-refractivity contribution in [1.29, 1.82) is 0 Å². The van der Waals surface area contributed by atoms with E-state index in [-0.39, 0.29) is 13.5 Å². The van der Waals surface area contributed by atoms with Crippen LogP contribution in [0.15, 0.2) is 24.5 Å².